The maximum Gasteiger partial charge on any atom is 0.125 e. The molecule has 1 aromatic carbocycles. The van der Waals surface area contributed by atoms with Crippen LogP contribution in [0.15, 0.2) is 24.3 Å². The summed E-state index contributed by atoms with van der Waals surface area (Å²) < 4.78 is 6.05. The second-order valence-electron chi connectivity index (χ2n) is 6.01. The molecule has 1 aliphatic heterocycles. The maximum absolute atomic E-state index is 6.05. The third kappa shape index (κ3) is 3.33. The molecule has 1 heterocycles. The summed E-state index contributed by atoms with van der Waals surface area (Å²) in [5, 5.41) is 3.68. The van der Waals surface area contributed by atoms with Crippen LogP contribution in [0.25, 0.3) is 0 Å². The van der Waals surface area contributed by atoms with E-state index in [1.165, 1.54) is 12.0 Å². The van der Waals surface area contributed by atoms with Crippen molar-refractivity contribution in [2.75, 3.05) is 26.2 Å². The van der Waals surface area contributed by atoms with Gasteiger partial charge in [-0.15, -0.1) is 0 Å². The van der Waals surface area contributed by atoms with Crippen molar-refractivity contribution in [3.63, 3.8) is 0 Å². The Balaban J connectivity index is 1.89. The quantitative estimate of drug-likeness (QED) is 0.774. The zero-order chi connectivity index (χ0) is 14.6. The van der Waals surface area contributed by atoms with Gasteiger partial charge >= 0.3 is 0 Å². The summed E-state index contributed by atoms with van der Waals surface area (Å²) in [6, 6.07) is 8.66. The van der Waals surface area contributed by atoms with Crippen molar-refractivity contribution in [1.29, 1.82) is 0 Å². The number of rotatable bonds is 7. The third-order valence-electron chi connectivity index (χ3n) is 4.19. The normalized spacial score (nSPS) is 19.9. The Morgan fingerprint density at radius 3 is 2.60 bits per heavy atom. The van der Waals surface area contributed by atoms with Gasteiger partial charge in [0.05, 0.1) is 6.04 Å². The highest BCUT2D eigenvalue weighted by molar-refractivity contribution is 5.42. The highest BCUT2D eigenvalue weighted by Crippen LogP contribution is 2.42. The molecule has 0 fully saturated rings. The first-order valence-corrected chi connectivity index (χ1v) is 7.82. The van der Waals surface area contributed by atoms with E-state index in [1.807, 2.05) is 6.07 Å². The van der Waals surface area contributed by atoms with Crippen molar-refractivity contribution in [3.05, 3.63) is 29.8 Å². The lowest BCUT2D eigenvalue weighted by Gasteiger charge is -2.27. The van der Waals surface area contributed by atoms with Gasteiger partial charge in [0.1, 0.15) is 11.4 Å². The standard InChI is InChI=1S/C17H28N2O/c1-5-19(6-2)13-9-12-18-16-14-10-7-8-11-15(14)20-17(16,3)4/h7-8,10-11,16,18H,5-6,9,12-13H2,1-4H3. The summed E-state index contributed by atoms with van der Waals surface area (Å²) in [6.45, 7) is 13.2. The molecule has 1 unspecified atom stereocenters. The first-order valence-electron chi connectivity index (χ1n) is 7.82. The summed E-state index contributed by atoms with van der Waals surface area (Å²) in [6.07, 6.45) is 1.18. The molecule has 1 atom stereocenters. The summed E-state index contributed by atoms with van der Waals surface area (Å²) in [7, 11) is 0. The van der Waals surface area contributed by atoms with Crippen molar-refractivity contribution in [2.24, 2.45) is 0 Å². The van der Waals surface area contributed by atoms with Gasteiger partial charge in [0.15, 0.2) is 0 Å². The molecule has 1 N–H and O–H groups in total. The Morgan fingerprint density at radius 2 is 1.90 bits per heavy atom. The highest BCUT2D eigenvalue weighted by atomic mass is 16.5. The Hall–Kier alpha value is -1.06. The van der Waals surface area contributed by atoms with Crippen molar-refractivity contribution in [3.8, 4) is 5.75 Å². The minimum absolute atomic E-state index is 0.168. The molecule has 0 radical (unpaired) electrons. The zero-order valence-electron chi connectivity index (χ0n) is 13.3. The number of nitrogens with one attached hydrogen (secondary N) is 1. The molecular formula is C17H28N2O. The number of benzene rings is 1. The van der Waals surface area contributed by atoms with Crippen LogP contribution in [0, 0.1) is 0 Å². The van der Waals surface area contributed by atoms with Gasteiger partial charge in [-0.05, 0) is 52.5 Å². The lowest BCUT2D eigenvalue weighted by Crippen LogP contribution is -2.40. The SMILES string of the molecule is CCN(CC)CCCNC1c2ccccc2OC1(C)C. The molecule has 0 saturated carbocycles. The Kier molecular flexibility index (Phi) is 5.06. The van der Waals surface area contributed by atoms with Gasteiger partial charge in [-0.25, -0.2) is 0 Å². The monoisotopic (exact) mass is 276 g/mol. The van der Waals surface area contributed by atoms with Gasteiger partial charge in [-0.1, -0.05) is 32.0 Å². The minimum Gasteiger partial charge on any atom is -0.486 e. The Labute approximate surface area is 123 Å². The van der Waals surface area contributed by atoms with Crippen LogP contribution < -0.4 is 10.1 Å². The van der Waals surface area contributed by atoms with E-state index in [1.54, 1.807) is 0 Å². The summed E-state index contributed by atoms with van der Waals surface area (Å²) >= 11 is 0. The van der Waals surface area contributed by atoms with Crippen LogP contribution in [-0.2, 0) is 0 Å². The van der Waals surface area contributed by atoms with E-state index in [0.717, 1.165) is 31.9 Å². The molecule has 3 nitrogen and oxygen atoms in total. The second-order valence-corrected chi connectivity index (χ2v) is 6.01. The molecule has 0 spiro atoms. The number of ether oxygens (including phenoxy) is 1. The Bertz CT molecular complexity index is 427. The van der Waals surface area contributed by atoms with Crippen molar-refractivity contribution in [1.82, 2.24) is 10.2 Å². The molecule has 0 aromatic heterocycles. The molecule has 0 saturated heterocycles. The number of nitrogens with zero attached hydrogens (tertiary/aromatic N) is 1. The van der Waals surface area contributed by atoms with Crippen LogP contribution >= 0.6 is 0 Å². The molecule has 0 aliphatic carbocycles. The number of hydrogen-bond acceptors (Lipinski definition) is 3. The molecule has 112 valence electrons. The lowest BCUT2D eigenvalue weighted by atomic mass is 9.94. The van der Waals surface area contributed by atoms with Gasteiger partial charge in [0.25, 0.3) is 0 Å². The van der Waals surface area contributed by atoms with Crippen LogP contribution in [0.2, 0.25) is 0 Å². The number of hydrogen-bond donors (Lipinski definition) is 1. The average molecular weight is 276 g/mol. The lowest BCUT2D eigenvalue weighted by molar-refractivity contribution is 0.0960. The summed E-state index contributed by atoms with van der Waals surface area (Å²) in [4.78, 5) is 2.46. The summed E-state index contributed by atoms with van der Waals surface area (Å²) in [5.74, 6) is 1.03. The van der Waals surface area contributed by atoms with Gasteiger partial charge in [0, 0.05) is 5.56 Å². The number of para-hydroxylation sites is 1. The van der Waals surface area contributed by atoms with Crippen LogP contribution in [0.4, 0.5) is 0 Å². The van der Waals surface area contributed by atoms with Gasteiger partial charge in [-0.2, -0.15) is 0 Å². The van der Waals surface area contributed by atoms with Crippen LogP contribution in [0.3, 0.4) is 0 Å². The van der Waals surface area contributed by atoms with E-state index in [0.29, 0.717) is 0 Å². The van der Waals surface area contributed by atoms with Gasteiger partial charge in [-0.3, -0.25) is 0 Å². The van der Waals surface area contributed by atoms with Gasteiger partial charge < -0.3 is 15.0 Å². The van der Waals surface area contributed by atoms with Crippen molar-refractivity contribution in [2.45, 2.75) is 45.8 Å². The fourth-order valence-electron chi connectivity index (χ4n) is 2.97. The third-order valence-corrected chi connectivity index (χ3v) is 4.19. The average Bonchev–Trinajstić information content (AvgIpc) is 2.69. The molecule has 0 bridgehead atoms. The van der Waals surface area contributed by atoms with E-state index >= 15 is 0 Å². The minimum atomic E-state index is -0.168. The van der Waals surface area contributed by atoms with E-state index in [-0.39, 0.29) is 11.6 Å². The zero-order valence-corrected chi connectivity index (χ0v) is 13.3. The molecule has 2 rings (SSSR count). The van der Waals surface area contributed by atoms with E-state index in [9.17, 15) is 0 Å². The molecule has 0 amide bonds. The van der Waals surface area contributed by atoms with Crippen molar-refractivity contribution >= 4 is 0 Å². The van der Waals surface area contributed by atoms with Crippen LogP contribution in [0.1, 0.15) is 45.7 Å². The second kappa shape index (κ2) is 6.59. The molecule has 3 heteroatoms. The molecular weight excluding hydrogens is 248 g/mol. The van der Waals surface area contributed by atoms with Crippen LogP contribution in [-0.4, -0.2) is 36.7 Å². The maximum atomic E-state index is 6.05. The van der Waals surface area contributed by atoms with E-state index < -0.39 is 0 Å². The van der Waals surface area contributed by atoms with Gasteiger partial charge in [0.2, 0.25) is 0 Å². The molecule has 20 heavy (non-hydrogen) atoms. The highest BCUT2D eigenvalue weighted by Gasteiger charge is 2.40. The number of fused-ring (bicyclic) bond motifs is 1. The van der Waals surface area contributed by atoms with E-state index in [2.05, 4.69) is 56.1 Å². The molecule has 1 aliphatic rings. The topological polar surface area (TPSA) is 24.5 Å². The fourth-order valence-corrected chi connectivity index (χ4v) is 2.97. The largest absolute Gasteiger partial charge is 0.486 e. The predicted molar refractivity (Wildman–Crippen MR) is 84.3 cm³/mol. The summed E-state index contributed by atoms with van der Waals surface area (Å²) in [5.41, 5.74) is 1.12. The first-order chi connectivity index (χ1) is 9.58. The Morgan fingerprint density at radius 1 is 1.20 bits per heavy atom. The predicted octanol–water partition coefficient (Wildman–Crippen LogP) is 3.22. The fraction of sp³-hybridized carbons (Fsp3) is 0.647. The van der Waals surface area contributed by atoms with E-state index in [4.69, 9.17) is 4.74 Å². The smallest absolute Gasteiger partial charge is 0.125 e. The van der Waals surface area contributed by atoms with Crippen molar-refractivity contribution < 1.29 is 4.74 Å². The molecule has 1 aromatic rings. The first kappa shape index (κ1) is 15.3. The van der Waals surface area contributed by atoms with Crippen LogP contribution in [0.5, 0.6) is 5.75 Å².